The first-order valence-corrected chi connectivity index (χ1v) is 8.97. The highest BCUT2D eigenvalue weighted by molar-refractivity contribution is 7.80. The third-order valence-electron chi connectivity index (χ3n) is 6.17. The highest BCUT2D eigenvalue weighted by Crippen LogP contribution is 2.57. The number of rotatable bonds is 3. The van der Waals surface area contributed by atoms with Crippen molar-refractivity contribution in [3.05, 3.63) is 35.9 Å². The number of hydrogen-bond acceptors (Lipinski definition) is 1. The van der Waals surface area contributed by atoms with Gasteiger partial charge < -0.3 is 5.32 Å². The van der Waals surface area contributed by atoms with Crippen LogP contribution in [0.3, 0.4) is 0 Å². The average Bonchev–Trinajstić information content (AvgIpc) is 2.71. The van der Waals surface area contributed by atoms with Gasteiger partial charge in [-0.3, -0.25) is 0 Å². The number of nitrogens with one attached hydrogen (secondary N) is 1. The van der Waals surface area contributed by atoms with Crippen LogP contribution >= 0.6 is 12.2 Å². The molecule has 0 spiro atoms. The van der Waals surface area contributed by atoms with Gasteiger partial charge >= 0.3 is 0 Å². The van der Waals surface area contributed by atoms with Gasteiger partial charge in [-0.2, -0.15) is 0 Å². The second-order valence-corrected chi connectivity index (χ2v) is 8.11. The maximum absolute atomic E-state index is 5.89. The summed E-state index contributed by atoms with van der Waals surface area (Å²) >= 11 is 5.89. The average molecular weight is 299 g/mol. The quantitative estimate of drug-likeness (QED) is 0.811. The lowest BCUT2D eigenvalue weighted by Gasteiger charge is -2.45. The van der Waals surface area contributed by atoms with E-state index in [1.54, 1.807) is 0 Å². The topological polar surface area (TPSA) is 12.0 Å². The van der Waals surface area contributed by atoms with Gasteiger partial charge in [0, 0.05) is 12.0 Å². The summed E-state index contributed by atoms with van der Waals surface area (Å²) in [5, 5.41) is 3.61. The fourth-order valence-corrected chi connectivity index (χ4v) is 5.75. The Morgan fingerprint density at radius 2 is 1.71 bits per heavy atom. The normalized spacial score (nSPS) is 37.2. The van der Waals surface area contributed by atoms with Crippen LogP contribution in [0, 0.1) is 23.2 Å². The molecule has 0 amide bonds. The van der Waals surface area contributed by atoms with Gasteiger partial charge in [0.15, 0.2) is 0 Å². The molecule has 4 atom stereocenters. The van der Waals surface area contributed by atoms with Gasteiger partial charge in [0.1, 0.15) is 0 Å². The molecule has 0 heterocycles. The van der Waals surface area contributed by atoms with Crippen molar-refractivity contribution in [3.63, 3.8) is 0 Å². The van der Waals surface area contributed by atoms with Crippen LogP contribution in [0.4, 0.5) is 0 Å². The first kappa shape index (κ1) is 13.8. The third kappa shape index (κ3) is 2.63. The minimum atomic E-state index is 0.336. The summed E-state index contributed by atoms with van der Waals surface area (Å²) in [4.78, 5) is 1.17. The van der Waals surface area contributed by atoms with Crippen LogP contribution in [0.2, 0.25) is 0 Å². The molecule has 4 aliphatic rings. The van der Waals surface area contributed by atoms with E-state index in [1.807, 2.05) is 0 Å². The Labute approximate surface area is 133 Å². The maximum Gasteiger partial charge on any atom is 0.0818 e. The van der Waals surface area contributed by atoms with E-state index in [0.717, 1.165) is 24.3 Å². The molecule has 0 aromatic heterocycles. The molecule has 5 rings (SSSR count). The van der Waals surface area contributed by atoms with Crippen LogP contribution in [-0.2, 0) is 6.54 Å². The highest BCUT2D eigenvalue weighted by atomic mass is 32.1. The molecule has 1 N–H and O–H groups in total. The molecule has 112 valence electrons. The first-order valence-electron chi connectivity index (χ1n) is 8.56. The van der Waals surface area contributed by atoms with Crippen molar-refractivity contribution in [2.24, 2.45) is 23.2 Å². The molecule has 4 fully saturated rings. The van der Waals surface area contributed by atoms with Gasteiger partial charge in [0.2, 0.25) is 0 Å². The number of hydrogen-bond donors (Lipinski definition) is 1. The second kappa shape index (κ2) is 5.39. The molecule has 0 aliphatic heterocycles. The lowest BCUT2D eigenvalue weighted by atomic mass is 9.61. The van der Waals surface area contributed by atoms with Crippen LogP contribution in [-0.4, -0.2) is 4.99 Å². The molecule has 4 saturated carbocycles. The predicted octanol–water partition coefficient (Wildman–Crippen LogP) is 4.71. The number of fused-ring (bicyclic) bond motifs is 1. The summed E-state index contributed by atoms with van der Waals surface area (Å²) in [6.07, 6.45) is 9.94. The Morgan fingerprint density at radius 1 is 1.05 bits per heavy atom. The second-order valence-electron chi connectivity index (χ2n) is 7.70. The standard InChI is InChI=1S/C19H25NS/c21-18(20-13-14-4-2-1-3-5-14)19-7-6-15-8-16(11-19)10-17(9-15)12-19/h1-5,15-17H,6-13H2,(H,20,21)/t15?,16-,17+,19?. The van der Waals surface area contributed by atoms with Gasteiger partial charge in [-0.25, -0.2) is 0 Å². The SMILES string of the molecule is S=C(NCc1ccccc1)C12CCC3C[C@H](C[C@H](C3)C1)C2. The fraction of sp³-hybridized carbons (Fsp3) is 0.632. The molecule has 1 aromatic carbocycles. The zero-order valence-electron chi connectivity index (χ0n) is 12.7. The van der Waals surface area contributed by atoms with Crippen molar-refractivity contribution in [1.29, 1.82) is 0 Å². The van der Waals surface area contributed by atoms with Crippen molar-refractivity contribution >= 4 is 17.2 Å². The van der Waals surface area contributed by atoms with E-state index in [-0.39, 0.29) is 0 Å². The molecule has 2 unspecified atom stereocenters. The van der Waals surface area contributed by atoms with Crippen LogP contribution in [0.25, 0.3) is 0 Å². The number of thiocarbonyl (C=S) groups is 1. The Kier molecular flexibility index (Phi) is 3.53. The minimum Gasteiger partial charge on any atom is -0.375 e. The third-order valence-corrected chi connectivity index (χ3v) is 6.74. The van der Waals surface area contributed by atoms with Crippen LogP contribution in [0.15, 0.2) is 30.3 Å². The maximum atomic E-state index is 5.89. The summed E-state index contributed by atoms with van der Waals surface area (Å²) in [5.74, 6) is 2.93. The Hall–Kier alpha value is -0.890. The molecule has 1 aromatic rings. The van der Waals surface area contributed by atoms with Gasteiger partial charge in [0.05, 0.1) is 4.99 Å². The highest BCUT2D eigenvalue weighted by Gasteiger charge is 2.49. The molecule has 4 bridgehead atoms. The largest absolute Gasteiger partial charge is 0.375 e. The zero-order chi connectivity index (χ0) is 14.3. The van der Waals surface area contributed by atoms with E-state index in [2.05, 4.69) is 35.6 Å². The molecule has 4 aliphatic carbocycles. The summed E-state index contributed by atoms with van der Waals surface area (Å²) in [5.41, 5.74) is 1.67. The van der Waals surface area contributed by atoms with Crippen LogP contribution < -0.4 is 5.32 Å². The fourth-order valence-electron chi connectivity index (χ4n) is 5.41. The lowest BCUT2D eigenvalue weighted by Crippen LogP contribution is -2.44. The lowest BCUT2D eigenvalue weighted by molar-refractivity contribution is 0.107. The molecule has 2 heteroatoms. The van der Waals surface area contributed by atoms with E-state index in [1.165, 1.54) is 55.5 Å². The number of benzene rings is 1. The van der Waals surface area contributed by atoms with Gasteiger partial charge in [0.25, 0.3) is 0 Å². The van der Waals surface area contributed by atoms with Crippen molar-refractivity contribution in [1.82, 2.24) is 5.32 Å². The van der Waals surface area contributed by atoms with Crippen LogP contribution in [0.5, 0.6) is 0 Å². The zero-order valence-corrected chi connectivity index (χ0v) is 13.5. The summed E-state index contributed by atoms with van der Waals surface area (Å²) in [6, 6.07) is 10.7. The Balaban J connectivity index is 1.48. The summed E-state index contributed by atoms with van der Waals surface area (Å²) < 4.78 is 0. The molecule has 0 saturated heterocycles. The molecule has 21 heavy (non-hydrogen) atoms. The molecular weight excluding hydrogens is 274 g/mol. The van der Waals surface area contributed by atoms with E-state index >= 15 is 0 Å². The van der Waals surface area contributed by atoms with E-state index in [4.69, 9.17) is 12.2 Å². The van der Waals surface area contributed by atoms with Crippen molar-refractivity contribution < 1.29 is 0 Å². The smallest absolute Gasteiger partial charge is 0.0818 e. The van der Waals surface area contributed by atoms with Crippen molar-refractivity contribution in [3.8, 4) is 0 Å². The van der Waals surface area contributed by atoms with E-state index in [0.29, 0.717) is 5.41 Å². The van der Waals surface area contributed by atoms with E-state index in [9.17, 15) is 0 Å². The van der Waals surface area contributed by atoms with Gasteiger partial charge in [-0.15, -0.1) is 0 Å². The van der Waals surface area contributed by atoms with Gasteiger partial charge in [-0.05, 0) is 68.3 Å². The van der Waals surface area contributed by atoms with E-state index < -0.39 is 0 Å². The molecule has 0 radical (unpaired) electrons. The summed E-state index contributed by atoms with van der Waals surface area (Å²) in [6.45, 7) is 0.889. The minimum absolute atomic E-state index is 0.336. The predicted molar refractivity (Wildman–Crippen MR) is 91.1 cm³/mol. The van der Waals surface area contributed by atoms with Crippen LogP contribution in [0.1, 0.15) is 50.5 Å². The Morgan fingerprint density at radius 3 is 2.43 bits per heavy atom. The monoisotopic (exact) mass is 299 g/mol. The molecule has 1 nitrogen and oxygen atoms in total. The van der Waals surface area contributed by atoms with Crippen molar-refractivity contribution in [2.45, 2.75) is 51.5 Å². The van der Waals surface area contributed by atoms with Crippen molar-refractivity contribution in [2.75, 3.05) is 0 Å². The summed E-state index contributed by atoms with van der Waals surface area (Å²) in [7, 11) is 0. The Bertz CT molecular complexity index is 510. The molecular formula is C19H25NS. The first-order chi connectivity index (χ1) is 10.2. The van der Waals surface area contributed by atoms with Gasteiger partial charge in [-0.1, -0.05) is 42.5 Å².